The van der Waals surface area contributed by atoms with E-state index < -0.39 is 0 Å². The average Bonchev–Trinajstić information content (AvgIpc) is 2.70. The molecule has 3 nitrogen and oxygen atoms in total. The molecule has 2 aliphatic heterocycles. The van der Waals surface area contributed by atoms with Gasteiger partial charge < -0.3 is 4.74 Å². The van der Waals surface area contributed by atoms with Crippen molar-refractivity contribution in [2.24, 2.45) is 0 Å². The summed E-state index contributed by atoms with van der Waals surface area (Å²) in [6.45, 7) is 9.07. The van der Waals surface area contributed by atoms with E-state index in [9.17, 15) is 0 Å². The van der Waals surface area contributed by atoms with Gasteiger partial charge in [-0.1, -0.05) is 36.4 Å². The summed E-state index contributed by atoms with van der Waals surface area (Å²) >= 11 is 0. The van der Waals surface area contributed by atoms with Crippen molar-refractivity contribution in [2.45, 2.75) is 51.7 Å². The van der Waals surface area contributed by atoms with E-state index in [2.05, 4.69) is 66.1 Å². The summed E-state index contributed by atoms with van der Waals surface area (Å²) in [5, 5.41) is 0. The number of piperazine rings is 1. The smallest absolute Gasteiger partial charge is 0.122 e. The molecule has 1 unspecified atom stereocenters. The molecule has 3 heteroatoms. The molecule has 0 N–H and O–H groups in total. The molecule has 2 saturated heterocycles. The van der Waals surface area contributed by atoms with Crippen LogP contribution in [0.5, 0.6) is 5.75 Å². The molecule has 0 aliphatic carbocycles. The number of benzene rings is 2. The zero-order valence-electron chi connectivity index (χ0n) is 16.9. The molecule has 0 spiro atoms. The lowest BCUT2D eigenvalue weighted by molar-refractivity contribution is 0.00617. The predicted octanol–water partition coefficient (Wildman–Crippen LogP) is 4.72. The topological polar surface area (TPSA) is 15.7 Å². The van der Waals surface area contributed by atoms with Gasteiger partial charge in [-0.15, -0.1) is 0 Å². The lowest BCUT2D eigenvalue weighted by Crippen LogP contribution is -2.55. The van der Waals surface area contributed by atoms with E-state index in [-0.39, 0.29) is 0 Å². The number of methoxy groups -OCH3 is 1. The number of rotatable bonds is 4. The molecule has 27 heavy (non-hydrogen) atoms. The van der Waals surface area contributed by atoms with Crippen LogP contribution in [0.3, 0.4) is 0 Å². The molecule has 2 heterocycles. The Morgan fingerprint density at radius 2 is 1.78 bits per heavy atom. The van der Waals surface area contributed by atoms with Crippen LogP contribution in [0.1, 0.15) is 47.6 Å². The van der Waals surface area contributed by atoms with E-state index in [4.69, 9.17) is 4.74 Å². The molecule has 0 amide bonds. The highest BCUT2D eigenvalue weighted by Gasteiger charge is 2.36. The van der Waals surface area contributed by atoms with Crippen LogP contribution >= 0.6 is 0 Å². The molecule has 2 aromatic rings. The summed E-state index contributed by atoms with van der Waals surface area (Å²) in [7, 11) is 1.77. The van der Waals surface area contributed by atoms with E-state index in [0.29, 0.717) is 12.1 Å². The first-order valence-electron chi connectivity index (χ1n) is 10.3. The van der Waals surface area contributed by atoms with E-state index >= 15 is 0 Å². The molecule has 2 aliphatic rings. The highest BCUT2D eigenvalue weighted by molar-refractivity contribution is 5.45. The van der Waals surface area contributed by atoms with Crippen molar-refractivity contribution in [3.8, 4) is 5.75 Å². The van der Waals surface area contributed by atoms with Gasteiger partial charge in [0.15, 0.2) is 0 Å². The van der Waals surface area contributed by atoms with Crippen molar-refractivity contribution in [1.82, 2.24) is 9.80 Å². The van der Waals surface area contributed by atoms with Crippen molar-refractivity contribution in [3.05, 3.63) is 64.7 Å². The van der Waals surface area contributed by atoms with Crippen molar-refractivity contribution in [3.63, 3.8) is 0 Å². The van der Waals surface area contributed by atoms with Crippen molar-refractivity contribution in [1.29, 1.82) is 0 Å². The first-order chi connectivity index (χ1) is 13.2. The van der Waals surface area contributed by atoms with Gasteiger partial charge in [-0.25, -0.2) is 0 Å². The van der Waals surface area contributed by atoms with E-state index in [1.54, 1.807) is 7.11 Å². The third kappa shape index (κ3) is 3.76. The summed E-state index contributed by atoms with van der Waals surface area (Å²) in [6, 6.07) is 16.6. The third-order valence-electron chi connectivity index (χ3n) is 6.63. The SMILES string of the molecule is COc1ccc(C2CCC[C@H]3CN(Cc4ccccc4)CCN23)c(C)c1C. The van der Waals surface area contributed by atoms with Crippen molar-refractivity contribution >= 4 is 0 Å². The summed E-state index contributed by atoms with van der Waals surface area (Å²) in [5.41, 5.74) is 5.64. The molecule has 4 rings (SSSR count). The fraction of sp³-hybridized carbons (Fsp3) is 0.500. The van der Waals surface area contributed by atoms with Gasteiger partial charge in [-0.05, 0) is 61.4 Å². The summed E-state index contributed by atoms with van der Waals surface area (Å²) in [5.74, 6) is 1.01. The molecule has 2 aromatic carbocycles. The standard InChI is InChI=1S/C24H32N2O/c1-18-19(2)24(27-3)13-12-22(18)23-11-7-10-21-17-25(14-15-26(21)23)16-20-8-5-4-6-9-20/h4-6,8-9,12-13,21,23H,7,10-11,14-17H2,1-3H3/t21-,23?/m0/s1. The Morgan fingerprint density at radius 3 is 2.56 bits per heavy atom. The maximum Gasteiger partial charge on any atom is 0.122 e. The Hall–Kier alpha value is -1.84. The molecule has 0 bridgehead atoms. The summed E-state index contributed by atoms with van der Waals surface area (Å²) in [6.07, 6.45) is 3.94. The Kier molecular flexibility index (Phi) is 5.51. The van der Waals surface area contributed by atoms with Crippen LogP contribution < -0.4 is 4.74 Å². The molecule has 0 radical (unpaired) electrons. The minimum Gasteiger partial charge on any atom is -0.496 e. The highest BCUT2D eigenvalue weighted by atomic mass is 16.5. The number of ether oxygens (including phenoxy) is 1. The van der Waals surface area contributed by atoms with Gasteiger partial charge in [-0.2, -0.15) is 0 Å². The number of nitrogens with zero attached hydrogens (tertiary/aromatic N) is 2. The van der Waals surface area contributed by atoms with Gasteiger partial charge >= 0.3 is 0 Å². The number of hydrogen-bond acceptors (Lipinski definition) is 3. The van der Waals surface area contributed by atoms with Crippen LogP contribution in [0.15, 0.2) is 42.5 Å². The largest absolute Gasteiger partial charge is 0.496 e. The van der Waals surface area contributed by atoms with Crippen LogP contribution in [0.25, 0.3) is 0 Å². The highest BCUT2D eigenvalue weighted by Crippen LogP contribution is 2.39. The lowest BCUT2D eigenvalue weighted by Gasteiger charge is -2.49. The monoisotopic (exact) mass is 364 g/mol. The second kappa shape index (κ2) is 8.04. The predicted molar refractivity (Wildman–Crippen MR) is 111 cm³/mol. The Labute approximate surface area is 163 Å². The molecular formula is C24H32N2O. The van der Waals surface area contributed by atoms with Gasteiger partial charge in [-0.3, -0.25) is 9.80 Å². The number of piperidine rings is 1. The fourth-order valence-electron chi connectivity index (χ4n) is 5.03. The lowest BCUT2D eigenvalue weighted by atomic mass is 9.86. The molecule has 0 saturated carbocycles. The van der Waals surface area contributed by atoms with E-state index in [1.165, 1.54) is 54.6 Å². The van der Waals surface area contributed by atoms with Gasteiger partial charge in [0.1, 0.15) is 5.75 Å². The first kappa shape index (κ1) is 18.5. The second-order valence-corrected chi connectivity index (χ2v) is 8.17. The van der Waals surface area contributed by atoms with Crippen LogP contribution in [-0.4, -0.2) is 42.6 Å². The first-order valence-corrected chi connectivity index (χ1v) is 10.3. The molecule has 144 valence electrons. The normalized spacial score (nSPS) is 23.8. The van der Waals surface area contributed by atoms with E-state index in [1.807, 2.05) is 0 Å². The van der Waals surface area contributed by atoms with Crippen molar-refractivity contribution < 1.29 is 4.74 Å². The quantitative estimate of drug-likeness (QED) is 0.780. The van der Waals surface area contributed by atoms with Crippen LogP contribution in [-0.2, 0) is 6.54 Å². The Morgan fingerprint density at radius 1 is 0.963 bits per heavy atom. The van der Waals surface area contributed by atoms with Gasteiger partial charge in [0.2, 0.25) is 0 Å². The van der Waals surface area contributed by atoms with E-state index in [0.717, 1.165) is 18.8 Å². The maximum atomic E-state index is 5.53. The molecule has 2 fully saturated rings. The number of fused-ring (bicyclic) bond motifs is 1. The van der Waals surface area contributed by atoms with Crippen LogP contribution in [0.2, 0.25) is 0 Å². The summed E-state index contributed by atoms with van der Waals surface area (Å²) in [4.78, 5) is 5.43. The van der Waals surface area contributed by atoms with Crippen LogP contribution in [0.4, 0.5) is 0 Å². The third-order valence-corrected chi connectivity index (χ3v) is 6.63. The fourth-order valence-corrected chi connectivity index (χ4v) is 5.03. The second-order valence-electron chi connectivity index (χ2n) is 8.17. The van der Waals surface area contributed by atoms with Crippen molar-refractivity contribution in [2.75, 3.05) is 26.7 Å². The number of hydrogen-bond donors (Lipinski definition) is 0. The van der Waals surface area contributed by atoms with Gasteiger partial charge in [0.25, 0.3) is 0 Å². The molecule has 0 aromatic heterocycles. The molecular weight excluding hydrogens is 332 g/mol. The Bertz CT molecular complexity index is 773. The van der Waals surface area contributed by atoms with Gasteiger partial charge in [0, 0.05) is 38.3 Å². The average molecular weight is 365 g/mol. The zero-order valence-corrected chi connectivity index (χ0v) is 16.9. The minimum atomic E-state index is 0.562. The summed E-state index contributed by atoms with van der Waals surface area (Å²) < 4.78 is 5.53. The Balaban J connectivity index is 1.50. The van der Waals surface area contributed by atoms with Gasteiger partial charge in [0.05, 0.1) is 7.11 Å². The molecule has 2 atom stereocenters. The minimum absolute atomic E-state index is 0.562. The maximum absolute atomic E-state index is 5.53. The zero-order chi connectivity index (χ0) is 18.8. The van der Waals surface area contributed by atoms with Crippen LogP contribution in [0, 0.1) is 13.8 Å².